The van der Waals surface area contributed by atoms with E-state index in [0.29, 0.717) is 17.0 Å². The topological polar surface area (TPSA) is 41.5 Å². The Morgan fingerprint density at radius 2 is 2.00 bits per heavy atom. The molecule has 0 radical (unpaired) electrons. The number of methoxy groups -OCH3 is 1. The van der Waals surface area contributed by atoms with Crippen molar-refractivity contribution in [1.29, 1.82) is 0 Å². The van der Waals surface area contributed by atoms with Gasteiger partial charge in [-0.25, -0.2) is 0 Å². The Bertz CT molecular complexity index is 638. The van der Waals surface area contributed by atoms with E-state index in [1.54, 1.807) is 19.2 Å². The molecule has 1 aliphatic carbocycles. The quantitative estimate of drug-likeness (QED) is 0.822. The van der Waals surface area contributed by atoms with Crippen LogP contribution in [0.1, 0.15) is 24.3 Å². The van der Waals surface area contributed by atoms with Crippen molar-refractivity contribution in [3.8, 4) is 11.5 Å². The molecule has 0 heterocycles. The van der Waals surface area contributed by atoms with Gasteiger partial charge in [0.05, 0.1) is 12.1 Å². The molecular formula is C17H18ClNO2. The Labute approximate surface area is 129 Å². The number of phenols is 1. The molecule has 0 bridgehead atoms. The average molecular weight is 304 g/mol. The van der Waals surface area contributed by atoms with Crippen LogP contribution >= 0.6 is 11.6 Å². The highest BCUT2D eigenvalue weighted by Gasteiger charge is 2.30. The van der Waals surface area contributed by atoms with Crippen molar-refractivity contribution in [3.63, 3.8) is 0 Å². The van der Waals surface area contributed by atoms with E-state index >= 15 is 0 Å². The molecule has 2 aromatic carbocycles. The zero-order valence-corrected chi connectivity index (χ0v) is 12.6. The minimum Gasteiger partial charge on any atom is -0.506 e. The molecule has 1 aliphatic rings. The van der Waals surface area contributed by atoms with Crippen molar-refractivity contribution in [2.75, 3.05) is 12.4 Å². The highest BCUT2D eigenvalue weighted by atomic mass is 35.5. The summed E-state index contributed by atoms with van der Waals surface area (Å²) in [5.74, 6) is 1.60. The third-order valence-electron chi connectivity index (χ3n) is 4.02. The molecule has 0 atom stereocenters. The fourth-order valence-corrected chi connectivity index (χ4v) is 2.92. The lowest BCUT2D eigenvalue weighted by Gasteiger charge is -2.37. The van der Waals surface area contributed by atoms with Crippen LogP contribution in [-0.2, 0) is 0 Å². The normalized spacial score (nSPS) is 20.7. The lowest BCUT2D eigenvalue weighted by Crippen LogP contribution is -2.33. The molecule has 0 unspecified atom stereocenters. The van der Waals surface area contributed by atoms with Crippen molar-refractivity contribution in [2.45, 2.75) is 24.8 Å². The lowest BCUT2D eigenvalue weighted by molar-refractivity contribution is 0.370. The first-order valence-corrected chi connectivity index (χ1v) is 7.42. The summed E-state index contributed by atoms with van der Waals surface area (Å²) in [5.41, 5.74) is 2.28. The van der Waals surface area contributed by atoms with E-state index in [9.17, 15) is 5.11 Å². The van der Waals surface area contributed by atoms with Crippen molar-refractivity contribution in [3.05, 3.63) is 53.1 Å². The smallest absolute Gasteiger partial charge is 0.134 e. The number of phenolic OH excluding ortho intramolecular Hbond substituents is 1. The van der Waals surface area contributed by atoms with Gasteiger partial charge in [0, 0.05) is 11.7 Å². The summed E-state index contributed by atoms with van der Waals surface area (Å²) in [6.07, 6.45) is 2.18. The molecule has 3 rings (SSSR count). The van der Waals surface area contributed by atoms with Crippen molar-refractivity contribution >= 4 is 17.3 Å². The van der Waals surface area contributed by atoms with Gasteiger partial charge in [-0.15, -0.1) is 0 Å². The predicted octanol–water partition coefficient (Wildman–Crippen LogP) is 4.41. The van der Waals surface area contributed by atoms with Crippen LogP contribution < -0.4 is 10.1 Å². The molecule has 2 aromatic rings. The van der Waals surface area contributed by atoms with E-state index in [2.05, 4.69) is 17.4 Å². The number of aromatic hydroxyl groups is 1. The molecule has 0 spiro atoms. The molecule has 110 valence electrons. The summed E-state index contributed by atoms with van der Waals surface area (Å²) in [6, 6.07) is 13.9. The SMILES string of the molecule is COc1cccc(C2CC(Nc3ccc(O)c(Cl)c3)C2)c1. The maximum Gasteiger partial charge on any atom is 0.134 e. The van der Waals surface area contributed by atoms with Gasteiger partial charge in [-0.1, -0.05) is 23.7 Å². The van der Waals surface area contributed by atoms with E-state index in [1.807, 2.05) is 18.2 Å². The summed E-state index contributed by atoms with van der Waals surface area (Å²) in [6.45, 7) is 0. The zero-order chi connectivity index (χ0) is 14.8. The van der Waals surface area contributed by atoms with Crippen LogP contribution in [0.25, 0.3) is 0 Å². The fraction of sp³-hybridized carbons (Fsp3) is 0.294. The average Bonchev–Trinajstić information content (AvgIpc) is 2.46. The van der Waals surface area contributed by atoms with Crippen LogP contribution in [0.2, 0.25) is 5.02 Å². The molecular weight excluding hydrogens is 286 g/mol. The van der Waals surface area contributed by atoms with Crippen molar-refractivity contribution in [2.24, 2.45) is 0 Å². The van der Waals surface area contributed by atoms with E-state index < -0.39 is 0 Å². The molecule has 0 amide bonds. The predicted molar refractivity (Wildman–Crippen MR) is 85.5 cm³/mol. The summed E-state index contributed by atoms with van der Waals surface area (Å²) in [4.78, 5) is 0. The van der Waals surface area contributed by atoms with E-state index in [1.165, 1.54) is 5.56 Å². The summed E-state index contributed by atoms with van der Waals surface area (Å²) < 4.78 is 5.27. The Balaban J connectivity index is 1.59. The second kappa shape index (κ2) is 5.86. The molecule has 1 fully saturated rings. The van der Waals surface area contributed by atoms with E-state index in [4.69, 9.17) is 16.3 Å². The molecule has 3 nitrogen and oxygen atoms in total. The number of benzene rings is 2. The lowest BCUT2D eigenvalue weighted by atomic mass is 9.76. The number of hydrogen-bond acceptors (Lipinski definition) is 3. The minimum atomic E-state index is 0.116. The Kier molecular flexibility index (Phi) is 3.93. The molecule has 4 heteroatoms. The van der Waals surface area contributed by atoms with Crippen LogP contribution in [0.5, 0.6) is 11.5 Å². The first kappa shape index (κ1) is 14.1. The number of halogens is 1. The summed E-state index contributed by atoms with van der Waals surface area (Å²) >= 11 is 5.91. The number of ether oxygens (including phenoxy) is 1. The van der Waals surface area contributed by atoms with Gasteiger partial charge in [-0.05, 0) is 54.7 Å². The maximum atomic E-state index is 9.42. The first-order chi connectivity index (χ1) is 10.2. The van der Waals surface area contributed by atoms with Crippen LogP contribution in [0.3, 0.4) is 0 Å². The van der Waals surface area contributed by atoms with Gasteiger partial charge in [-0.3, -0.25) is 0 Å². The summed E-state index contributed by atoms with van der Waals surface area (Å²) in [7, 11) is 1.69. The highest BCUT2D eigenvalue weighted by Crippen LogP contribution is 2.40. The van der Waals surface area contributed by atoms with Crippen LogP contribution in [0.15, 0.2) is 42.5 Å². The second-order valence-electron chi connectivity index (χ2n) is 5.45. The van der Waals surface area contributed by atoms with E-state index in [-0.39, 0.29) is 5.75 Å². The van der Waals surface area contributed by atoms with Crippen LogP contribution in [0, 0.1) is 0 Å². The van der Waals surface area contributed by atoms with Gasteiger partial charge in [0.2, 0.25) is 0 Å². The van der Waals surface area contributed by atoms with Gasteiger partial charge >= 0.3 is 0 Å². The number of anilines is 1. The molecule has 2 N–H and O–H groups in total. The molecule has 1 saturated carbocycles. The van der Waals surface area contributed by atoms with Crippen molar-refractivity contribution in [1.82, 2.24) is 0 Å². The molecule has 0 aromatic heterocycles. The third kappa shape index (κ3) is 3.08. The minimum absolute atomic E-state index is 0.116. The number of nitrogens with one attached hydrogen (secondary N) is 1. The van der Waals surface area contributed by atoms with Gasteiger partial charge < -0.3 is 15.2 Å². The number of hydrogen-bond donors (Lipinski definition) is 2. The van der Waals surface area contributed by atoms with Crippen LogP contribution in [0.4, 0.5) is 5.69 Å². The Hall–Kier alpha value is -1.87. The van der Waals surface area contributed by atoms with Gasteiger partial charge in [0.25, 0.3) is 0 Å². The number of rotatable bonds is 4. The third-order valence-corrected chi connectivity index (χ3v) is 4.32. The van der Waals surface area contributed by atoms with Gasteiger partial charge in [0.1, 0.15) is 11.5 Å². The Morgan fingerprint density at radius 1 is 1.19 bits per heavy atom. The van der Waals surface area contributed by atoms with Crippen LogP contribution in [-0.4, -0.2) is 18.3 Å². The largest absolute Gasteiger partial charge is 0.506 e. The van der Waals surface area contributed by atoms with Gasteiger partial charge in [0.15, 0.2) is 0 Å². The monoisotopic (exact) mass is 303 g/mol. The van der Waals surface area contributed by atoms with Crippen molar-refractivity contribution < 1.29 is 9.84 Å². The highest BCUT2D eigenvalue weighted by molar-refractivity contribution is 6.32. The Morgan fingerprint density at radius 3 is 2.71 bits per heavy atom. The standard InChI is InChI=1S/C17H18ClNO2/c1-21-15-4-2-3-11(9-15)12-7-14(8-12)19-13-5-6-17(20)16(18)10-13/h2-6,9-10,12,14,19-20H,7-8H2,1H3. The fourth-order valence-electron chi connectivity index (χ4n) is 2.74. The molecule has 0 aliphatic heterocycles. The molecule has 21 heavy (non-hydrogen) atoms. The summed E-state index contributed by atoms with van der Waals surface area (Å²) in [5, 5.41) is 13.2. The molecule has 0 saturated heterocycles. The first-order valence-electron chi connectivity index (χ1n) is 7.04. The maximum absolute atomic E-state index is 9.42. The second-order valence-corrected chi connectivity index (χ2v) is 5.86. The van der Waals surface area contributed by atoms with Gasteiger partial charge in [-0.2, -0.15) is 0 Å². The van der Waals surface area contributed by atoms with E-state index in [0.717, 1.165) is 24.3 Å². The zero-order valence-electron chi connectivity index (χ0n) is 11.8.